The summed E-state index contributed by atoms with van der Waals surface area (Å²) in [7, 11) is 0. The molecule has 3 nitrogen and oxygen atoms in total. The zero-order valence-corrected chi connectivity index (χ0v) is 12.3. The van der Waals surface area contributed by atoms with E-state index >= 15 is 0 Å². The smallest absolute Gasteiger partial charge is 0.230 e. The molecule has 0 unspecified atom stereocenters. The van der Waals surface area contributed by atoms with Gasteiger partial charge in [-0.25, -0.2) is 4.98 Å². The minimum atomic E-state index is 0.0448. The van der Waals surface area contributed by atoms with Crippen molar-refractivity contribution in [3.63, 3.8) is 0 Å². The van der Waals surface area contributed by atoms with Gasteiger partial charge >= 0.3 is 0 Å². The summed E-state index contributed by atoms with van der Waals surface area (Å²) in [5, 5.41) is 3.84. The summed E-state index contributed by atoms with van der Waals surface area (Å²) in [6.45, 7) is 2.77. The molecule has 0 fully saturated rings. The third kappa shape index (κ3) is 4.70. The largest absolute Gasteiger partial charge is 0.355 e. The Kier molecular flexibility index (Phi) is 5.62. The van der Waals surface area contributed by atoms with Crippen LogP contribution in [0.2, 0.25) is 0 Å². The summed E-state index contributed by atoms with van der Waals surface area (Å²) in [4.78, 5) is 16.0. The quantitative estimate of drug-likeness (QED) is 0.830. The standard InChI is InChI=1S/C16H18N2OS/c1-13(14-7-3-2-4-8-14)11-18-15(19)12-20-16-9-5-6-10-17-16/h2-10,13H,11-12H2,1H3,(H,18,19)/t13-/m0/s1. The zero-order chi connectivity index (χ0) is 14.2. The fraction of sp³-hybridized carbons (Fsp3) is 0.250. The van der Waals surface area contributed by atoms with E-state index in [1.165, 1.54) is 17.3 Å². The van der Waals surface area contributed by atoms with E-state index in [0.717, 1.165) is 5.03 Å². The lowest BCUT2D eigenvalue weighted by Crippen LogP contribution is -2.28. The van der Waals surface area contributed by atoms with Crippen LogP contribution in [0.1, 0.15) is 18.4 Å². The molecule has 2 aromatic rings. The molecule has 1 atom stereocenters. The Morgan fingerprint density at radius 1 is 1.20 bits per heavy atom. The lowest BCUT2D eigenvalue weighted by atomic mass is 10.0. The molecule has 1 aromatic carbocycles. The van der Waals surface area contributed by atoms with Gasteiger partial charge in [0.2, 0.25) is 5.91 Å². The van der Waals surface area contributed by atoms with Gasteiger partial charge < -0.3 is 5.32 Å². The molecule has 0 aliphatic rings. The highest BCUT2D eigenvalue weighted by atomic mass is 32.2. The van der Waals surface area contributed by atoms with Crippen LogP contribution in [-0.2, 0) is 4.79 Å². The van der Waals surface area contributed by atoms with Crippen LogP contribution >= 0.6 is 11.8 Å². The van der Waals surface area contributed by atoms with E-state index in [-0.39, 0.29) is 5.91 Å². The second kappa shape index (κ2) is 7.70. The Bertz CT molecular complexity index is 531. The molecule has 0 saturated carbocycles. The van der Waals surface area contributed by atoms with Crippen LogP contribution in [0, 0.1) is 0 Å². The van der Waals surface area contributed by atoms with Crippen LogP contribution in [0.25, 0.3) is 0 Å². The highest BCUT2D eigenvalue weighted by Gasteiger charge is 2.08. The number of aromatic nitrogens is 1. The van der Waals surface area contributed by atoms with Crippen LogP contribution in [0.3, 0.4) is 0 Å². The molecule has 0 saturated heterocycles. The molecule has 1 N–H and O–H groups in total. The van der Waals surface area contributed by atoms with E-state index in [9.17, 15) is 4.79 Å². The van der Waals surface area contributed by atoms with Crippen molar-refractivity contribution >= 4 is 17.7 Å². The van der Waals surface area contributed by atoms with Gasteiger partial charge in [-0.15, -0.1) is 0 Å². The van der Waals surface area contributed by atoms with E-state index in [1.807, 2.05) is 36.4 Å². The summed E-state index contributed by atoms with van der Waals surface area (Å²) >= 11 is 1.45. The average Bonchev–Trinajstić information content (AvgIpc) is 2.52. The van der Waals surface area contributed by atoms with Crippen LogP contribution in [0.15, 0.2) is 59.8 Å². The Hall–Kier alpha value is -1.81. The minimum Gasteiger partial charge on any atom is -0.355 e. The highest BCUT2D eigenvalue weighted by Crippen LogP contribution is 2.15. The van der Waals surface area contributed by atoms with Gasteiger partial charge in [-0.1, -0.05) is 55.1 Å². The van der Waals surface area contributed by atoms with Crippen molar-refractivity contribution in [3.05, 3.63) is 60.3 Å². The fourth-order valence-corrected chi connectivity index (χ4v) is 2.48. The molecule has 20 heavy (non-hydrogen) atoms. The monoisotopic (exact) mass is 286 g/mol. The molecule has 0 radical (unpaired) electrons. The minimum absolute atomic E-state index is 0.0448. The fourth-order valence-electron chi connectivity index (χ4n) is 1.79. The van der Waals surface area contributed by atoms with E-state index < -0.39 is 0 Å². The molecule has 0 aliphatic heterocycles. The summed E-state index contributed by atoms with van der Waals surface area (Å²) in [6.07, 6.45) is 1.73. The third-order valence-electron chi connectivity index (χ3n) is 2.96. The topological polar surface area (TPSA) is 42.0 Å². The number of nitrogens with one attached hydrogen (secondary N) is 1. The van der Waals surface area contributed by atoms with Gasteiger partial charge in [0.15, 0.2) is 0 Å². The van der Waals surface area contributed by atoms with Crippen molar-refractivity contribution in [1.29, 1.82) is 0 Å². The van der Waals surface area contributed by atoms with Gasteiger partial charge in [-0.2, -0.15) is 0 Å². The summed E-state index contributed by atoms with van der Waals surface area (Å²) in [5.74, 6) is 0.766. The number of pyridine rings is 1. The first kappa shape index (κ1) is 14.6. The van der Waals surface area contributed by atoms with Crippen molar-refractivity contribution in [3.8, 4) is 0 Å². The number of hydrogen-bond donors (Lipinski definition) is 1. The van der Waals surface area contributed by atoms with E-state index in [1.54, 1.807) is 6.20 Å². The predicted octanol–water partition coefficient (Wildman–Crippen LogP) is 3.09. The third-order valence-corrected chi connectivity index (χ3v) is 3.91. The molecule has 0 aliphatic carbocycles. The molecule has 1 amide bonds. The molecule has 1 aromatic heterocycles. The Morgan fingerprint density at radius 3 is 2.65 bits per heavy atom. The highest BCUT2D eigenvalue weighted by molar-refractivity contribution is 7.99. The van der Waals surface area contributed by atoms with Crippen molar-refractivity contribution in [2.24, 2.45) is 0 Å². The Balaban J connectivity index is 1.73. The number of benzene rings is 1. The van der Waals surface area contributed by atoms with Crippen LogP contribution < -0.4 is 5.32 Å². The molecular formula is C16H18N2OS. The number of rotatable bonds is 6. The Morgan fingerprint density at radius 2 is 1.95 bits per heavy atom. The van der Waals surface area contributed by atoms with E-state index in [4.69, 9.17) is 0 Å². The van der Waals surface area contributed by atoms with Crippen LogP contribution in [0.5, 0.6) is 0 Å². The summed E-state index contributed by atoms with van der Waals surface area (Å²) < 4.78 is 0. The summed E-state index contributed by atoms with van der Waals surface area (Å²) in [6, 6.07) is 15.9. The van der Waals surface area contributed by atoms with Gasteiger partial charge in [-0.3, -0.25) is 4.79 Å². The molecule has 2 rings (SSSR count). The number of carbonyl (C=O) groups excluding carboxylic acids is 1. The maximum atomic E-state index is 11.8. The predicted molar refractivity (Wildman–Crippen MR) is 82.8 cm³/mol. The van der Waals surface area contributed by atoms with Gasteiger partial charge in [0, 0.05) is 12.7 Å². The second-order valence-corrected chi connectivity index (χ2v) is 5.57. The first-order chi connectivity index (χ1) is 9.75. The first-order valence-electron chi connectivity index (χ1n) is 6.61. The lowest BCUT2D eigenvalue weighted by Gasteiger charge is -2.12. The average molecular weight is 286 g/mol. The Labute approximate surface area is 123 Å². The zero-order valence-electron chi connectivity index (χ0n) is 11.5. The van der Waals surface area contributed by atoms with E-state index in [0.29, 0.717) is 18.2 Å². The molecule has 0 bridgehead atoms. The van der Waals surface area contributed by atoms with Crippen molar-refractivity contribution in [1.82, 2.24) is 10.3 Å². The van der Waals surface area contributed by atoms with Crippen molar-refractivity contribution in [2.75, 3.05) is 12.3 Å². The molecule has 104 valence electrons. The van der Waals surface area contributed by atoms with Gasteiger partial charge in [0.05, 0.1) is 10.8 Å². The lowest BCUT2D eigenvalue weighted by molar-refractivity contribution is -0.118. The molecular weight excluding hydrogens is 268 g/mol. The van der Waals surface area contributed by atoms with E-state index in [2.05, 4.69) is 29.4 Å². The molecule has 4 heteroatoms. The van der Waals surface area contributed by atoms with Crippen molar-refractivity contribution < 1.29 is 4.79 Å². The summed E-state index contributed by atoms with van der Waals surface area (Å²) in [5.41, 5.74) is 1.24. The normalized spacial score (nSPS) is 11.8. The van der Waals surface area contributed by atoms with Crippen LogP contribution in [-0.4, -0.2) is 23.2 Å². The molecule has 0 spiro atoms. The molecule has 1 heterocycles. The number of nitrogens with zero attached hydrogens (tertiary/aromatic N) is 1. The SMILES string of the molecule is C[C@@H](CNC(=O)CSc1ccccn1)c1ccccc1. The van der Waals surface area contributed by atoms with Gasteiger partial charge in [-0.05, 0) is 23.6 Å². The second-order valence-electron chi connectivity index (χ2n) is 4.57. The number of thioether (sulfide) groups is 1. The van der Waals surface area contributed by atoms with Gasteiger partial charge in [0.25, 0.3) is 0 Å². The number of carbonyl (C=O) groups is 1. The van der Waals surface area contributed by atoms with Crippen molar-refractivity contribution in [2.45, 2.75) is 17.9 Å². The maximum absolute atomic E-state index is 11.8. The van der Waals surface area contributed by atoms with Crippen LogP contribution in [0.4, 0.5) is 0 Å². The van der Waals surface area contributed by atoms with Gasteiger partial charge in [0.1, 0.15) is 0 Å². The first-order valence-corrected chi connectivity index (χ1v) is 7.60. The maximum Gasteiger partial charge on any atom is 0.230 e. The number of hydrogen-bond acceptors (Lipinski definition) is 3. The number of amides is 1.